The van der Waals surface area contributed by atoms with E-state index in [1.165, 1.54) is 6.92 Å². The van der Waals surface area contributed by atoms with Crippen LogP contribution in [0.15, 0.2) is 0 Å². The molecule has 60 valence electrons. The van der Waals surface area contributed by atoms with Gasteiger partial charge in [-0.15, -0.1) is 0 Å². The summed E-state index contributed by atoms with van der Waals surface area (Å²) in [6.07, 6.45) is -0.494. The van der Waals surface area contributed by atoms with Crippen LogP contribution in [0.3, 0.4) is 0 Å². The van der Waals surface area contributed by atoms with E-state index in [-0.39, 0.29) is 58.8 Å². The number of ether oxygens (including phenoxy) is 3. The first kappa shape index (κ1) is 12.0. The maximum atomic E-state index is 10.4. The molecular formula is C6H11KO4. The molecule has 0 amide bonds. The Bertz CT molecular complexity index is 127. The van der Waals surface area contributed by atoms with Crippen molar-refractivity contribution in [3.05, 3.63) is 0 Å². The van der Waals surface area contributed by atoms with Gasteiger partial charge in [-0.1, -0.05) is 0 Å². The van der Waals surface area contributed by atoms with Gasteiger partial charge >= 0.3 is 57.4 Å². The molecule has 1 heterocycles. The second-order valence-corrected chi connectivity index (χ2v) is 1.98. The van der Waals surface area contributed by atoms with Gasteiger partial charge in [0, 0.05) is 6.92 Å². The Hall–Kier alpha value is 1.03. The zero-order valence-electron chi connectivity index (χ0n) is 7.83. The van der Waals surface area contributed by atoms with Crippen LogP contribution in [0.1, 0.15) is 8.35 Å². The van der Waals surface area contributed by atoms with Gasteiger partial charge in [-0.3, -0.25) is 4.79 Å². The van der Waals surface area contributed by atoms with E-state index in [2.05, 4.69) is 0 Å². The van der Waals surface area contributed by atoms with Crippen molar-refractivity contribution in [1.82, 2.24) is 0 Å². The first-order valence-electron chi connectivity index (χ1n) is 3.15. The molecule has 0 radical (unpaired) electrons. The molecule has 5 heteroatoms. The second kappa shape index (κ2) is 6.53. The predicted molar refractivity (Wildman–Crippen MR) is 33.4 cm³/mol. The molecular weight excluding hydrogens is 175 g/mol. The van der Waals surface area contributed by atoms with Gasteiger partial charge in [-0.05, 0) is 0 Å². The largest absolute Gasteiger partial charge is 1.00 e. The van der Waals surface area contributed by atoms with Crippen molar-refractivity contribution >= 4 is 5.97 Å². The van der Waals surface area contributed by atoms with Crippen molar-refractivity contribution in [3.8, 4) is 0 Å². The SMILES string of the molecule is CC(=O)OC1COCCO1.[H-].[K+]. The molecule has 0 bridgehead atoms. The first-order valence-corrected chi connectivity index (χ1v) is 3.15. The number of rotatable bonds is 1. The average Bonchev–Trinajstić information content (AvgIpc) is 1.88. The van der Waals surface area contributed by atoms with Crippen LogP contribution in [0.2, 0.25) is 0 Å². The maximum Gasteiger partial charge on any atom is 1.00 e. The number of carbonyl (C=O) groups excluding carboxylic acids is 1. The molecule has 0 aromatic heterocycles. The molecule has 11 heavy (non-hydrogen) atoms. The van der Waals surface area contributed by atoms with Crippen LogP contribution in [0.25, 0.3) is 0 Å². The third kappa shape index (κ3) is 5.29. The normalized spacial score (nSPS) is 23.5. The number of hydrogen-bond donors (Lipinski definition) is 0. The topological polar surface area (TPSA) is 44.8 Å². The summed E-state index contributed by atoms with van der Waals surface area (Å²) < 4.78 is 14.7. The van der Waals surface area contributed by atoms with E-state index >= 15 is 0 Å². The van der Waals surface area contributed by atoms with Crippen molar-refractivity contribution in [2.75, 3.05) is 19.8 Å². The Kier molecular flexibility index (Phi) is 7.14. The van der Waals surface area contributed by atoms with Crippen molar-refractivity contribution in [2.45, 2.75) is 13.2 Å². The Balaban J connectivity index is 0. The van der Waals surface area contributed by atoms with Gasteiger partial charge in [-0.25, -0.2) is 0 Å². The first-order chi connectivity index (χ1) is 4.79. The zero-order valence-corrected chi connectivity index (χ0v) is 9.95. The van der Waals surface area contributed by atoms with E-state index in [9.17, 15) is 4.79 Å². The Morgan fingerprint density at radius 3 is 2.82 bits per heavy atom. The Morgan fingerprint density at radius 2 is 2.36 bits per heavy atom. The molecule has 0 aromatic carbocycles. The van der Waals surface area contributed by atoms with Gasteiger partial charge in [0.2, 0.25) is 6.29 Å². The molecule has 4 nitrogen and oxygen atoms in total. The molecule has 1 saturated heterocycles. The minimum absolute atomic E-state index is 0. The van der Waals surface area contributed by atoms with Gasteiger partial charge in [0.25, 0.3) is 0 Å². The van der Waals surface area contributed by atoms with E-state index in [1.807, 2.05) is 0 Å². The van der Waals surface area contributed by atoms with Crippen LogP contribution in [-0.2, 0) is 19.0 Å². The maximum absolute atomic E-state index is 10.4. The average molecular weight is 186 g/mol. The third-order valence-corrected chi connectivity index (χ3v) is 1.08. The van der Waals surface area contributed by atoms with Gasteiger partial charge in [-0.2, -0.15) is 0 Å². The van der Waals surface area contributed by atoms with Crippen LogP contribution in [0, 0.1) is 0 Å². The van der Waals surface area contributed by atoms with Gasteiger partial charge < -0.3 is 15.6 Å². The van der Waals surface area contributed by atoms with E-state index in [0.29, 0.717) is 19.8 Å². The fourth-order valence-electron chi connectivity index (χ4n) is 0.719. The minimum atomic E-state index is -0.494. The van der Waals surface area contributed by atoms with Crippen molar-refractivity contribution in [1.29, 1.82) is 0 Å². The molecule has 0 N–H and O–H groups in total. The van der Waals surface area contributed by atoms with Gasteiger partial charge in [0.05, 0.1) is 13.2 Å². The van der Waals surface area contributed by atoms with Crippen LogP contribution in [-0.4, -0.2) is 32.1 Å². The molecule has 0 spiro atoms. The third-order valence-electron chi connectivity index (χ3n) is 1.08. The zero-order chi connectivity index (χ0) is 7.40. The summed E-state index contributed by atoms with van der Waals surface area (Å²) in [5.41, 5.74) is 0. The second-order valence-electron chi connectivity index (χ2n) is 1.98. The molecule has 1 atom stereocenters. The van der Waals surface area contributed by atoms with E-state index < -0.39 is 6.29 Å². The molecule has 0 aromatic rings. The molecule has 1 unspecified atom stereocenters. The molecule has 1 aliphatic rings. The summed E-state index contributed by atoms with van der Waals surface area (Å²) in [4.78, 5) is 10.4. The molecule has 1 fully saturated rings. The standard InChI is InChI=1S/C6H10O4.K.H/c1-5(7)10-6-4-8-2-3-9-6;;/h6H,2-4H2,1H3;;/q;+1;-1. The monoisotopic (exact) mass is 186 g/mol. The van der Waals surface area contributed by atoms with E-state index in [0.717, 1.165) is 0 Å². The van der Waals surface area contributed by atoms with Crippen LogP contribution < -0.4 is 51.4 Å². The van der Waals surface area contributed by atoms with Gasteiger partial charge in [0.15, 0.2) is 0 Å². The molecule has 0 aliphatic carbocycles. The van der Waals surface area contributed by atoms with Gasteiger partial charge in [0.1, 0.15) is 6.61 Å². The van der Waals surface area contributed by atoms with Crippen molar-refractivity contribution in [2.24, 2.45) is 0 Å². The number of hydrogen-bond acceptors (Lipinski definition) is 4. The molecule has 0 saturated carbocycles. The van der Waals surface area contributed by atoms with Crippen LogP contribution in [0.5, 0.6) is 0 Å². The van der Waals surface area contributed by atoms with E-state index in [4.69, 9.17) is 14.2 Å². The fraction of sp³-hybridized carbons (Fsp3) is 0.833. The predicted octanol–water partition coefficient (Wildman–Crippen LogP) is -2.96. The Morgan fingerprint density at radius 1 is 1.64 bits per heavy atom. The van der Waals surface area contributed by atoms with E-state index in [1.54, 1.807) is 0 Å². The van der Waals surface area contributed by atoms with Crippen molar-refractivity contribution < 1.29 is 71.8 Å². The fourth-order valence-corrected chi connectivity index (χ4v) is 0.719. The summed E-state index contributed by atoms with van der Waals surface area (Å²) in [5.74, 6) is -0.337. The van der Waals surface area contributed by atoms with Crippen molar-refractivity contribution in [3.63, 3.8) is 0 Å². The minimum Gasteiger partial charge on any atom is -1.00 e. The molecule has 1 rings (SSSR count). The van der Waals surface area contributed by atoms with Crippen LogP contribution in [0.4, 0.5) is 0 Å². The summed E-state index contributed by atoms with van der Waals surface area (Å²) >= 11 is 0. The number of carbonyl (C=O) groups is 1. The van der Waals surface area contributed by atoms with Crippen LogP contribution >= 0.6 is 0 Å². The quantitative estimate of drug-likeness (QED) is 0.324. The summed E-state index contributed by atoms with van der Waals surface area (Å²) in [6.45, 7) is 2.77. The smallest absolute Gasteiger partial charge is 1.00 e. The summed E-state index contributed by atoms with van der Waals surface area (Å²) in [6, 6.07) is 0. The summed E-state index contributed by atoms with van der Waals surface area (Å²) in [5, 5.41) is 0. The summed E-state index contributed by atoms with van der Waals surface area (Å²) in [7, 11) is 0. The Labute approximate surface area is 109 Å². The molecule has 1 aliphatic heterocycles. The number of esters is 1.